The van der Waals surface area contributed by atoms with Crippen LogP contribution in [0.4, 0.5) is 0 Å². The van der Waals surface area contributed by atoms with Gasteiger partial charge in [-0.3, -0.25) is 0 Å². The van der Waals surface area contributed by atoms with E-state index in [-0.39, 0.29) is 6.10 Å². The van der Waals surface area contributed by atoms with Crippen molar-refractivity contribution >= 4 is 22.9 Å². The minimum atomic E-state index is -0.339. The molecule has 0 aromatic carbocycles. The summed E-state index contributed by atoms with van der Waals surface area (Å²) in [6.45, 7) is 2.23. The van der Waals surface area contributed by atoms with Crippen molar-refractivity contribution in [3.8, 4) is 0 Å². The number of aliphatic hydroxyl groups is 1. The Morgan fingerprint density at radius 1 is 1.60 bits per heavy atom. The predicted octanol–water partition coefficient (Wildman–Crippen LogP) is 4.26. The van der Waals surface area contributed by atoms with Gasteiger partial charge in [0.25, 0.3) is 0 Å². The minimum absolute atomic E-state index is 0.339. The molecule has 1 nitrogen and oxygen atoms in total. The summed E-state index contributed by atoms with van der Waals surface area (Å²) in [6.07, 6.45) is 4.47. The maximum atomic E-state index is 10.2. The summed E-state index contributed by atoms with van der Waals surface area (Å²) in [7, 11) is 0. The molecule has 0 saturated heterocycles. The lowest BCUT2D eigenvalue weighted by Crippen LogP contribution is -2.08. The van der Waals surface area contributed by atoms with Crippen LogP contribution in [-0.4, -0.2) is 5.11 Å². The molecule has 1 N–H and O–H groups in total. The quantitative estimate of drug-likeness (QED) is 0.842. The Hall–Kier alpha value is -0.0500. The maximum absolute atomic E-state index is 10.2. The second-order valence-corrected chi connectivity index (χ2v) is 5.78. The van der Waals surface area contributed by atoms with Gasteiger partial charge in [0.15, 0.2) is 0 Å². The maximum Gasteiger partial charge on any atom is 0.0925 e. The highest BCUT2D eigenvalue weighted by Crippen LogP contribution is 2.43. The molecule has 1 aromatic heterocycles. The molecule has 0 amide bonds. The lowest BCUT2D eigenvalue weighted by atomic mass is 9.97. The summed E-state index contributed by atoms with van der Waals surface area (Å²) in [5, 5.41) is 12.9. The highest BCUT2D eigenvalue weighted by atomic mass is 35.5. The fraction of sp³-hybridized carbons (Fsp3) is 0.667. The molecule has 2 rings (SSSR count). The fourth-order valence-electron chi connectivity index (χ4n) is 2.50. The van der Waals surface area contributed by atoms with E-state index in [1.54, 1.807) is 11.3 Å². The third-order valence-corrected chi connectivity index (χ3v) is 4.95. The zero-order valence-electron chi connectivity index (χ0n) is 8.95. The van der Waals surface area contributed by atoms with Crippen molar-refractivity contribution in [2.24, 2.45) is 11.8 Å². The molecule has 0 bridgehead atoms. The molecule has 1 heterocycles. The van der Waals surface area contributed by atoms with Gasteiger partial charge in [-0.1, -0.05) is 31.4 Å². The van der Waals surface area contributed by atoms with Gasteiger partial charge in [0.2, 0.25) is 0 Å². The summed E-state index contributed by atoms with van der Waals surface area (Å²) < 4.78 is 0. The number of rotatable bonds is 3. The van der Waals surface area contributed by atoms with E-state index in [4.69, 9.17) is 11.6 Å². The van der Waals surface area contributed by atoms with Gasteiger partial charge in [0, 0.05) is 0 Å². The molecule has 15 heavy (non-hydrogen) atoms. The van der Waals surface area contributed by atoms with E-state index in [1.807, 2.05) is 11.4 Å². The average Bonchev–Trinajstić information content (AvgIpc) is 2.84. The third kappa shape index (κ3) is 2.38. The SMILES string of the molecule is CCC1CCC(C(O)c2sccc2Cl)C1. The van der Waals surface area contributed by atoms with Crippen LogP contribution in [0.1, 0.15) is 43.6 Å². The van der Waals surface area contributed by atoms with Gasteiger partial charge >= 0.3 is 0 Å². The Balaban J connectivity index is 2.03. The van der Waals surface area contributed by atoms with E-state index in [9.17, 15) is 5.11 Å². The normalized spacial score (nSPS) is 28.2. The highest BCUT2D eigenvalue weighted by Gasteiger charge is 2.31. The molecule has 3 unspecified atom stereocenters. The standard InChI is InChI=1S/C12H17ClOS/c1-2-8-3-4-9(7-8)11(14)12-10(13)5-6-15-12/h5-6,8-9,11,14H,2-4,7H2,1H3. The molecule has 0 radical (unpaired) electrons. The van der Waals surface area contributed by atoms with E-state index >= 15 is 0 Å². The molecule has 1 aromatic rings. The van der Waals surface area contributed by atoms with Crippen LogP contribution in [0.3, 0.4) is 0 Å². The van der Waals surface area contributed by atoms with Gasteiger partial charge in [0.05, 0.1) is 16.0 Å². The first-order valence-corrected chi connectivity index (χ1v) is 6.89. The first kappa shape index (κ1) is 11.4. The summed E-state index contributed by atoms with van der Waals surface area (Å²) in [4.78, 5) is 0.957. The van der Waals surface area contributed by atoms with E-state index in [0.717, 1.165) is 28.7 Å². The summed E-state index contributed by atoms with van der Waals surface area (Å²) in [5.41, 5.74) is 0. The van der Waals surface area contributed by atoms with Gasteiger partial charge in [-0.15, -0.1) is 11.3 Å². The van der Waals surface area contributed by atoms with Crippen molar-refractivity contribution in [1.82, 2.24) is 0 Å². The number of thiophene rings is 1. The van der Waals surface area contributed by atoms with Crippen molar-refractivity contribution in [3.05, 3.63) is 21.3 Å². The number of hydrogen-bond donors (Lipinski definition) is 1. The Labute approximate surface area is 100 Å². The zero-order valence-corrected chi connectivity index (χ0v) is 10.5. The molecule has 1 fully saturated rings. The van der Waals surface area contributed by atoms with Gasteiger partial charge in [0.1, 0.15) is 0 Å². The van der Waals surface area contributed by atoms with Gasteiger partial charge in [-0.25, -0.2) is 0 Å². The van der Waals surface area contributed by atoms with Crippen LogP contribution >= 0.6 is 22.9 Å². The van der Waals surface area contributed by atoms with E-state index in [0.29, 0.717) is 5.92 Å². The van der Waals surface area contributed by atoms with E-state index in [2.05, 4.69) is 6.92 Å². The van der Waals surface area contributed by atoms with Crippen LogP contribution in [0.5, 0.6) is 0 Å². The summed E-state index contributed by atoms with van der Waals surface area (Å²) >= 11 is 7.61. The molecule has 3 atom stereocenters. The van der Waals surface area contributed by atoms with Crippen molar-refractivity contribution in [2.45, 2.75) is 38.7 Å². The number of halogens is 1. The Morgan fingerprint density at radius 2 is 2.40 bits per heavy atom. The summed E-state index contributed by atoms with van der Waals surface area (Å²) in [6, 6.07) is 1.87. The lowest BCUT2D eigenvalue weighted by molar-refractivity contribution is 0.112. The van der Waals surface area contributed by atoms with Crippen LogP contribution in [-0.2, 0) is 0 Å². The van der Waals surface area contributed by atoms with Crippen molar-refractivity contribution in [3.63, 3.8) is 0 Å². The smallest absolute Gasteiger partial charge is 0.0925 e. The van der Waals surface area contributed by atoms with Crippen molar-refractivity contribution < 1.29 is 5.11 Å². The molecular formula is C12H17ClOS. The van der Waals surface area contributed by atoms with Crippen molar-refractivity contribution in [1.29, 1.82) is 0 Å². The molecule has 1 aliphatic carbocycles. The molecule has 0 aliphatic heterocycles. The first-order chi connectivity index (χ1) is 7.22. The van der Waals surface area contributed by atoms with Crippen molar-refractivity contribution in [2.75, 3.05) is 0 Å². The molecule has 0 spiro atoms. The number of aliphatic hydroxyl groups excluding tert-OH is 1. The molecule has 1 saturated carbocycles. The Morgan fingerprint density at radius 3 is 2.93 bits per heavy atom. The van der Waals surface area contributed by atoms with Crippen LogP contribution < -0.4 is 0 Å². The first-order valence-electron chi connectivity index (χ1n) is 5.63. The predicted molar refractivity (Wildman–Crippen MR) is 65.4 cm³/mol. The molecule has 84 valence electrons. The second kappa shape index (κ2) is 4.86. The van der Waals surface area contributed by atoms with Gasteiger partial charge in [-0.05, 0) is 36.1 Å². The van der Waals surface area contributed by atoms with E-state index in [1.165, 1.54) is 12.8 Å². The van der Waals surface area contributed by atoms with Gasteiger partial charge in [-0.2, -0.15) is 0 Å². The monoisotopic (exact) mass is 244 g/mol. The topological polar surface area (TPSA) is 20.2 Å². The molecule has 3 heteroatoms. The zero-order chi connectivity index (χ0) is 10.8. The van der Waals surface area contributed by atoms with Crippen LogP contribution in [0.2, 0.25) is 5.02 Å². The summed E-state index contributed by atoms with van der Waals surface area (Å²) in [5.74, 6) is 1.23. The lowest BCUT2D eigenvalue weighted by Gasteiger charge is -2.17. The van der Waals surface area contributed by atoms with Crippen LogP contribution in [0, 0.1) is 11.8 Å². The largest absolute Gasteiger partial charge is 0.387 e. The Kier molecular flexibility index (Phi) is 3.70. The average molecular weight is 245 g/mol. The fourth-order valence-corrected chi connectivity index (χ4v) is 3.75. The minimum Gasteiger partial charge on any atom is -0.387 e. The van der Waals surface area contributed by atoms with E-state index < -0.39 is 0 Å². The second-order valence-electron chi connectivity index (χ2n) is 4.43. The van der Waals surface area contributed by atoms with Gasteiger partial charge < -0.3 is 5.11 Å². The molecular weight excluding hydrogens is 228 g/mol. The molecule has 1 aliphatic rings. The third-order valence-electron chi connectivity index (χ3n) is 3.52. The Bertz CT molecular complexity index is 323. The highest BCUT2D eigenvalue weighted by molar-refractivity contribution is 7.10. The number of hydrogen-bond acceptors (Lipinski definition) is 2. The van der Waals surface area contributed by atoms with Crippen LogP contribution in [0.15, 0.2) is 11.4 Å². The van der Waals surface area contributed by atoms with Crippen LogP contribution in [0.25, 0.3) is 0 Å².